The zero-order valence-corrected chi connectivity index (χ0v) is 21.4. The Morgan fingerprint density at radius 2 is 1.63 bits per heavy atom. The molecule has 0 saturated carbocycles. The molecule has 184 valence electrons. The molecule has 0 spiro atoms. The summed E-state index contributed by atoms with van der Waals surface area (Å²) in [7, 11) is 3.37. The Bertz CT molecular complexity index is 1120. The molecule has 1 aliphatic carbocycles. The van der Waals surface area contributed by atoms with E-state index in [9.17, 15) is 4.79 Å². The molecule has 0 bridgehead atoms. The molecule has 0 fully saturated rings. The molecule has 1 amide bonds. The third-order valence-corrected chi connectivity index (χ3v) is 7.11. The molecule has 0 N–H and O–H groups in total. The van der Waals surface area contributed by atoms with Crippen LogP contribution in [0.1, 0.15) is 67.2 Å². The molecule has 1 unspecified atom stereocenters. The summed E-state index contributed by atoms with van der Waals surface area (Å²) >= 11 is 0. The van der Waals surface area contributed by atoms with Gasteiger partial charge in [-0.1, -0.05) is 44.2 Å². The number of methoxy groups -OCH3 is 2. The molecular formula is C31H37NO3. The van der Waals surface area contributed by atoms with Gasteiger partial charge in [0.05, 0.1) is 20.1 Å². The van der Waals surface area contributed by atoms with Crippen LogP contribution < -0.4 is 14.4 Å². The number of amides is 1. The minimum absolute atomic E-state index is 0.139. The van der Waals surface area contributed by atoms with Gasteiger partial charge in [-0.25, -0.2) is 0 Å². The fraction of sp³-hybridized carbons (Fsp3) is 0.387. The molecule has 3 aromatic carbocycles. The molecule has 4 heteroatoms. The van der Waals surface area contributed by atoms with Gasteiger partial charge in [-0.05, 0) is 96.7 Å². The maximum Gasteiger partial charge on any atom is 0.234 e. The summed E-state index contributed by atoms with van der Waals surface area (Å²) in [5.41, 5.74) is 5.90. The van der Waals surface area contributed by atoms with E-state index in [1.807, 2.05) is 23.1 Å². The Hall–Kier alpha value is -3.27. The lowest BCUT2D eigenvalue weighted by atomic mass is 9.81. The maximum absolute atomic E-state index is 14.1. The van der Waals surface area contributed by atoms with Crippen LogP contribution in [-0.4, -0.2) is 26.7 Å². The number of ether oxygens (including phenoxy) is 2. The number of benzene rings is 3. The van der Waals surface area contributed by atoms with Crippen molar-refractivity contribution < 1.29 is 14.3 Å². The third kappa shape index (κ3) is 5.87. The Kier molecular flexibility index (Phi) is 8.12. The van der Waals surface area contributed by atoms with E-state index in [-0.39, 0.29) is 11.8 Å². The number of hydrogen-bond acceptors (Lipinski definition) is 3. The number of fused-ring (bicyclic) bond motifs is 1. The van der Waals surface area contributed by atoms with Crippen molar-refractivity contribution in [1.82, 2.24) is 0 Å². The molecule has 35 heavy (non-hydrogen) atoms. The van der Waals surface area contributed by atoms with E-state index >= 15 is 0 Å². The summed E-state index contributed by atoms with van der Waals surface area (Å²) < 4.78 is 10.8. The van der Waals surface area contributed by atoms with E-state index in [2.05, 4.69) is 62.4 Å². The molecule has 0 saturated heterocycles. The van der Waals surface area contributed by atoms with Gasteiger partial charge < -0.3 is 14.4 Å². The van der Waals surface area contributed by atoms with Crippen molar-refractivity contribution in [1.29, 1.82) is 0 Å². The van der Waals surface area contributed by atoms with Crippen molar-refractivity contribution in [3.63, 3.8) is 0 Å². The number of nitrogens with zero attached hydrogens (tertiary/aromatic N) is 1. The molecule has 1 atom stereocenters. The molecular weight excluding hydrogens is 434 g/mol. The van der Waals surface area contributed by atoms with Gasteiger partial charge in [0.15, 0.2) is 0 Å². The van der Waals surface area contributed by atoms with E-state index < -0.39 is 0 Å². The van der Waals surface area contributed by atoms with Crippen molar-refractivity contribution in [2.24, 2.45) is 0 Å². The number of anilines is 1. The third-order valence-electron chi connectivity index (χ3n) is 7.11. The molecule has 3 aromatic rings. The van der Waals surface area contributed by atoms with Crippen LogP contribution in [0.2, 0.25) is 0 Å². The fourth-order valence-corrected chi connectivity index (χ4v) is 4.99. The highest BCUT2D eigenvalue weighted by Crippen LogP contribution is 2.36. The fourth-order valence-electron chi connectivity index (χ4n) is 4.99. The SMILES string of the molecule is COc1ccc(CCCN(C(=O)C2CCCc3ccc(OC)cc32)c2ccc(C(C)C)cc2)cc1. The molecule has 4 nitrogen and oxygen atoms in total. The van der Waals surface area contributed by atoms with Crippen LogP contribution in [0.15, 0.2) is 66.7 Å². The van der Waals surface area contributed by atoms with Gasteiger partial charge in [0.25, 0.3) is 0 Å². The highest BCUT2D eigenvalue weighted by atomic mass is 16.5. The quantitative estimate of drug-likeness (QED) is 0.340. The summed E-state index contributed by atoms with van der Waals surface area (Å²) in [6, 6.07) is 22.9. The normalized spacial score (nSPS) is 14.9. The van der Waals surface area contributed by atoms with E-state index in [1.165, 1.54) is 16.7 Å². The average molecular weight is 472 g/mol. The van der Waals surface area contributed by atoms with Crippen LogP contribution >= 0.6 is 0 Å². The first-order valence-corrected chi connectivity index (χ1v) is 12.7. The van der Waals surface area contributed by atoms with Crippen LogP contribution in [0.4, 0.5) is 5.69 Å². The Morgan fingerprint density at radius 1 is 0.943 bits per heavy atom. The van der Waals surface area contributed by atoms with Crippen molar-refractivity contribution in [2.75, 3.05) is 25.7 Å². The number of carbonyl (C=O) groups is 1. The average Bonchev–Trinajstić information content (AvgIpc) is 2.90. The largest absolute Gasteiger partial charge is 0.497 e. The van der Waals surface area contributed by atoms with Crippen LogP contribution in [0.3, 0.4) is 0 Å². The Labute approximate surface area is 209 Å². The van der Waals surface area contributed by atoms with Gasteiger partial charge in [0, 0.05) is 12.2 Å². The van der Waals surface area contributed by atoms with Crippen LogP contribution in [0.25, 0.3) is 0 Å². The zero-order valence-electron chi connectivity index (χ0n) is 21.4. The molecule has 0 aromatic heterocycles. The van der Waals surface area contributed by atoms with Gasteiger partial charge in [-0.2, -0.15) is 0 Å². The van der Waals surface area contributed by atoms with E-state index in [0.29, 0.717) is 12.5 Å². The smallest absolute Gasteiger partial charge is 0.234 e. The van der Waals surface area contributed by atoms with Crippen LogP contribution in [0.5, 0.6) is 11.5 Å². The predicted molar refractivity (Wildman–Crippen MR) is 143 cm³/mol. The number of hydrogen-bond donors (Lipinski definition) is 0. The van der Waals surface area contributed by atoms with E-state index in [1.54, 1.807) is 14.2 Å². The zero-order chi connectivity index (χ0) is 24.8. The van der Waals surface area contributed by atoms with Gasteiger partial charge in [-0.3, -0.25) is 4.79 Å². The standard InChI is InChI=1S/C31H37NO3/c1-22(2)24-12-15-26(16-13-24)32(20-6-7-23-10-17-27(34-3)18-11-23)31(33)29-9-5-8-25-14-19-28(35-4)21-30(25)29/h10-19,21-22,29H,5-9,20H2,1-4H3. The summed E-state index contributed by atoms with van der Waals surface area (Å²) in [6.07, 6.45) is 4.72. The van der Waals surface area contributed by atoms with Gasteiger partial charge in [-0.15, -0.1) is 0 Å². The maximum atomic E-state index is 14.1. The van der Waals surface area contributed by atoms with E-state index in [4.69, 9.17) is 9.47 Å². The topological polar surface area (TPSA) is 38.8 Å². The molecule has 0 radical (unpaired) electrons. The van der Waals surface area contributed by atoms with Gasteiger partial charge in [0.2, 0.25) is 5.91 Å². The molecule has 1 aliphatic rings. The van der Waals surface area contributed by atoms with Crippen molar-refractivity contribution in [3.05, 3.63) is 89.0 Å². The predicted octanol–water partition coefficient (Wildman–Crippen LogP) is 6.91. The lowest BCUT2D eigenvalue weighted by Crippen LogP contribution is -2.37. The second-order valence-electron chi connectivity index (χ2n) is 9.70. The van der Waals surface area contributed by atoms with Crippen LogP contribution in [0, 0.1) is 0 Å². The van der Waals surface area contributed by atoms with Crippen molar-refractivity contribution in [3.8, 4) is 11.5 Å². The first-order valence-electron chi connectivity index (χ1n) is 12.7. The minimum Gasteiger partial charge on any atom is -0.497 e. The number of rotatable bonds is 9. The Morgan fingerprint density at radius 3 is 2.29 bits per heavy atom. The highest BCUT2D eigenvalue weighted by molar-refractivity contribution is 5.98. The minimum atomic E-state index is -0.139. The van der Waals surface area contributed by atoms with Crippen LogP contribution in [-0.2, 0) is 17.6 Å². The molecule has 4 rings (SSSR count). The lowest BCUT2D eigenvalue weighted by molar-refractivity contribution is -0.120. The monoisotopic (exact) mass is 471 g/mol. The van der Waals surface area contributed by atoms with Gasteiger partial charge >= 0.3 is 0 Å². The second kappa shape index (κ2) is 11.4. The Balaban J connectivity index is 1.58. The first-order chi connectivity index (χ1) is 17.0. The van der Waals surface area contributed by atoms with Crippen molar-refractivity contribution in [2.45, 2.75) is 57.8 Å². The molecule has 0 heterocycles. The first kappa shape index (κ1) is 24.8. The highest BCUT2D eigenvalue weighted by Gasteiger charge is 2.31. The van der Waals surface area contributed by atoms with E-state index in [0.717, 1.165) is 54.9 Å². The number of carbonyl (C=O) groups excluding carboxylic acids is 1. The molecule has 0 aliphatic heterocycles. The summed E-state index contributed by atoms with van der Waals surface area (Å²) in [6.45, 7) is 5.07. The van der Waals surface area contributed by atoms with Gasteiger partial charge in [0.1, 0.15) is 11.5 Å². The summed E-state index contributed by atoms with van der Waals surface area (Å²) in [5, 5.41) is 0. The summed E-state index contributed by atoms with van der Waals surface area (Å²) in [4.78, 5) is 16.1. The van der Waals surface area contributed by atoms with Crippen molar-refractivity contribution >= 4 is 11.6 Å². The lowest BCUT2D eigenvalue weighted by Gasteiger charge is -2.31. The summed E-state index contributed by atoms with van der Waals surface area (Å²) in [5.74, 6) is 2.18. The second-order valence-corrected chi connectivity index (χ2v) is 9.70. The number of aryl methyl sites for hydroxylation is 2.